The van der Waals surface area contributed by atoms with E-state index in [1.165, 1.54) is 0 Å². The number of nitrogens with one attached hydrogen (secondary N) is 2. The van der Waals surface area contributed by atoms with Crippen molar-refractivity contribution in [2.75, 3.05) is 49.2 Å². The highest BCUT2D eigenvalue weighted by molar-refractivity contribution is 5.85. The summed E-state index contributed by atoms with van der Waals surface area (Å²) in [7, 11) is 0. The molecule has 12 nitrogen and oxygen atoms in total. The summed E-state index contributed by atoms with van der Waals surface area (Å²) in [6.45, 7) is 4.46. The quantitative estimate of drug-likeness (QED) is 0.228. The van der Waals surface area contributed by atoms with Crippen molar-refractivity contribution >= 4 is 28.9 Å². The largest absolute Gasteiger partial charge is 0.480 e. The second kappa shape index (κ2) is 13.1. The van der Waals surface area contributed by atoms with Crippen molar-refractivity contribution in [3.63, 3.8) is 0 Å². The van der Waals surface area contributed by atoms with E-state index in [0.29, 0.717) is 62.8 Å². The van der Waals surface area contributed by atoms with Gasteiger partial charge in [-0.1, -0.05) is 30.3 Å². The molecule has 0 spiro atoms. The molecule has 0 bridgehead atoms. The number of carboxylic acid groups (broad SMARTS) is 1. The number of quaternary nitrogens is 1. The predicted octanol–water partition coefficient (Wildman–Crippen LogP) is 1.09. The summed E-state index contributed by atoms with van der Waals surface area (Å²) in [6, 6.07) is 14.3. The van der Waals surface area contributed by atoms with Crippen LogP contribution in [0.15, 0.2) is 61.1 Å². The number of rotatable bonds is 10. The number of hydrogen-bond acceptors (Lipinski definition) is 8. The number of carbonyl (C=O) groups excluding carboxylic acids is 1. The number of imidazole rings is 1. The van der Waals surface area contributed by atoms with Gasteiger partial charge in [0.2, 0.25) is 11.6 Å². The molecule has 1 aromatic heterocycles. The molecule has 0 radical (unpaired) electrons. The Morgan fingerprint density at radius 2 is 1.76 bits per heavy atom. The molecule has 1 amide bonds. The van der Waals surface area contributed by atoms with Crippen LogP contribution in [0, 0.1) is 5.92 Å². The SMILES string of the molecule is O=C(N[C@@H](Cc1cn(Cc2ccccc2)cn1)C(=O)O)C1CCN(c2cc(N3CCOCC3)ccc2[NH+](O)O)CC1. The number of amides is 1. The third kappa shape index (κ3) is 7.22. The van der Waals surface area contributed by atoms with Crippen molar-refractivity contribution in [1.82, 2.24) is 14.9 Å². The number of carboxylic acids is 1. The highest BCUT2D eigenvalue weighted by Crippen LogP contribution is 2.32. The number of morpholine rings is 1. The van der Waals surface area contributed by atoms with Gasteiger partial charge >= 0.3 is 5.97 Å². The maximum absolute atomic E-state index is 13.1. The first kappa shape index (κ1) is 28.6. The lowest BCUT2D eigenvalue weighted by atomic mass is 9.94. The summed E-state index contributed by atoms with van der Waals surface area (Å²) >= 11 is 0. The monoisotopic (exact) mass is 565 g/mol. The Balaban J connectivity index is 1.18. The molecule has 0 aliphatic carbocycles. The molecule has 218 valence electrons. The van der Waals surface area contributed by atoms with Gasteiger partial charge in [0, 0.05) is 63.0 Å². The van der Waals surface area contributed by atoms with Gasteiger partial charge in [-0.2, -0.15) is 10.4 Å². The zero-order valence-electron chi connectivity index (χ0n) is 22.9. The van der Waals surface area contributed by atoms with Crippen LogP contribution in [0.2, 0.25) is 0 Å². The summed E-state index contributed by atoms with van der Waals surface area (Å²) < 4.78 is 7.34. The lowest BCUT2D eigenvalue weighted by Crippen LogP contribution is -3.02. The van der Waals surface area contributed by atoms with E-state index in [4.69, 9.17) is 4.74 Å². The van der Waals surface area contributed by atoms with Crippen LogP contribution in [0.5, 0.6) is 0 Å². The standard InChI is InChI=1S/C29H36N6O6/c36-28(31-25(29(37)38)16-23-19-32(20-30-23)18-21-4-2-1-3-5-21)22-8-10-34(11-9-22)27-17-24(6-7-26(27)35(39)40)33-12-14-41-15-13-33/h1-7,17,19-20,22,25,39-40H,8-16,18H2,(H,31,36)(H,37,38)/p+1/t25-/m0/s1. The van der Waals surface area contributed by atoms with Crippen molar-refractivity contribution in [1.29, 1.82) is 0 Å². The molecule has 41 heavy (non-hydrogen) atoms. The molecule has 5 rings (SSSR count). The average molecular weight is 566 g/mol. The van der Waals surface area contributed by atoms with Crippen molar-refractivity contribution in [2.45, 2.75) is 31.8 Å². The first-order valence-corrected chi connectivity index (χ1v) is 13.9. The Hall–Kier alpha value is -3.97. The second-order valence-electron chi connectivity index (χ2n) is 10.5. The molecule has 3 heterocycles. The van der Waals surface area contributed by atoms with E-state index in [-0.39, 0.29) is 18.2 Å². The maximum atomic E-state index is 13.1. The molecule has 0 unspecified atom stereocenters. The number of piperidine rings is 1. The summed E-state index contributed by atoms with van der Waals surface area (Å²) in [5.41, 5.74) is 3.71. The van der Waals surface area contributed by atoms with Crippen LogP contribution in [0.3, 0.4) is 0 Å². The van der Waals surface area contributed by atoms with Crippen LogP contribution in [0.4, 0.5) is 17.1 Å². The smallest absolute Gasteiger partial charge is 0.326 e. The minimum Gasteiger partial charge on any atom is -0.480 e. The van der Waals surface area contributed by atoms with Crippen LogP contribution >= 0.6 is 0 Å². The average Bonchev–Trinajstić information content (AvgIpc) is 3.44. The van der Waals surface area contributed by atoms with Gasteiger partial charge in [-0.05, 0) is 35.8 Å². The Morgan fingerprint density at radius 1 is 1.02 bits per heavy atom. The van der Waals surface area contributed by atoms with Crippen LogP contribution in [0.25, 0.3) is 0 Å². The van der Waals surface area contributed by atoms with Gasteiger partial charge in [-0.25, -0.2) is 9.78 Å². The zero-order chi connectivity index (χ0) is 28.8. The topological polar surface area (TPSA) is 145 Å². The van der Waals surface area contributed by atoms with E-state index in [2.05, 4.69) is 15.2 Å². The number of aliphatic carboxylic acids is 1. The van der Waals surface area contributed by atoms with Gasteiger partial charge in [-0.15, -0.1) is 0 Å². The van der Waals surface area contributed by atoms with Crippen molar-refractivity contribution in [2.24, 2.45) is 5.92 Å². The third-order valence-corrected chi connectivity index (χ3v) is 7.73. The second-order valence-corrected chi connectivity index (χ2v) is 10.5. The van der Waals surface area contributed by atoms with Gasteiger partial charge in [-0.3, -0.25) is 4.79 Å². The Bertz CT molecular complexity index is 1320. The Morgan fingerprint density at radius 3 is 2.44 bits per heavy atom. The molecular weight excluding hydrogens is 528 g/mol. The third-order valence-electron chi connectivity index (χ3n) is 7.73. The fourth-order valence-corrected chi connectivity index (χ4v) is 5.46. The summed E-state index contributed by atoms with van der Waals surface area (Å²) in [5, 5.41) is 31.6. The minimum absolute atomic E-state index is 0.0883. The first-order chi connectivity index (χ1) is 19.9. The van der Waals surface area contributed by atoms with Crippen LogP contribution in [-0.2, 0) is 27.3 Å². The van der Waals surface area contributed by atoms with Gasteiger partial charge in [0.15, 0.2) is 0 Å². The lowest BCUT2D eigenvalue weighted by Gasteiger charge is -2.35. The van der Waals surface area contributed by atoms with Crippen LogP contribution < -0.4 is 20.3 Å². The fourth-order valence-electron chi connectivity index (χ4n) is 5.46. The number of aromatic nitrogens is 2. The highest BCUT2D eigenvalue weighted by Gasteiger charge is 2.31. The molecule has 2 saturated heterocycles. The van der Waals surface area contributed by atoms with Crippen molar-refractivity contribution in [3.8, 4) is 0 Å². The minimum atomic E-state index is -1.10. The van der Waals surface area contributed by atoms with Gasteiger partial charge in [0.05, 0.1) is 25.2 Å². The van der Waals surface area contributed by atoms with Crippen LogP contribution in [-0.4, -0.2) is 82.4 Å². The summed E-state index contributed by atoms with van der Waals surface area (Å²) in [4.78, 5) is 33.7. The molecule has 5 N–H and O–H groups in total. The molecule has 0 saturated carbocycles. The number of benzene rings is 2. The van der Waals surface area contributed by atoms with Gasteiger partial charge in [0.25, 0.3) is 0 Å². The number of ether oxygens (including phenoxy) is 1. The lowest BCUT2D eigenvalue weighted by molar-refractivity contribution is -1.19. The van der Waals surface area contributed by atoms with E-state index in [9.17, 15) is 25.1 Å². The number of nitrogens with zero attached hydrogens (tertiary/aromatic N) is 4. The van der Waals surface area contributed by atoms with Crippen molar-refractivity contribution in [3.05, 3.63) is 72.3 Å². The molecule has 1 atom stereocenters. The summed E-state index contributed by atoms with van der Waals surface area (Å²) in [6.07, 6.45) is 4.59. The number of hydrogen-bond donors (Lipinski definition) is 5. The van der Waals surface area contributed by atoms with E-state index < -0.39 is 17.2 Å². The Kier molecular flexibility index (Phi) is 9.14. The predicted molar refractivity (Wildman–Crippen MR) is 150 cm³/mol. The molecule has 12 heteroatoms. The zero-order valence-corrected chi connectivity index (χ0v) is 22.9. The molecule has 3 aromatic rings. The molecule has 2 aliphatic rings. The Labute approximate surface area is 238 Å². The maximum Gasteiger partial charge on any atom is 0.326 e. The fraction of sp³-hybridized carbons (Fsp3) is 0.414. The number of carbonyl (C=O) groups is 2. The first-order valence-electron chi connectivity index (χ1n) is 13.9. The molecule has 2 aromatic carbocycles. The molecule has 2 fully saturated rings. The van der Waals surface area contributed by atoms with E-state index in [1.807, 2.05) is 58.1 Å². The van der Waals surface area contributed by atoms with Crippen molar-refractivity contribution < 1.29 is 35.1 Å². The highest BCUT2D eigenvalue weighted by atomic mass is 16.8. The summed E-state index contributed by atoms with van der Waals surface area (Å²) in [5.74, 6) is -1.74. The number of anilines is 2. The normalized spacial score (nSPS) is 17.0. The van der Waals surface area contributed by atoms with E-state index in [1.54, 1.807) is 12.4 Å². The molecular formula is C29H37N6O6+. The van der Waals surface area contributed by atoms with E-state index >= 15 is 0 Å². The molecule has 2 aliphatic heterocycles. The van der Waals surface area contributed by atoms with Crippen LogP contribution in [0.1, 0.15) is 24.1 Å². The van der Waals surface area contributed by atoms with Gasteiger partial charge in [0.1, 0.15) is 11.7 Å². The van der Waals surface area contributed by atoms with E-state index in [0.717, 1.165) is 24.3 Å². The van der Waals surface area contributed by atoms with Gasteiger partial charge < -0.3 is 29.5 Å².